The lowest BCUT2D eigenvalue weighted by Gasteiger charge is -2.31. The standard InChI is InChI=1S/C15H23NO3/c1-11(13(17)12-9-7-6-8-10-12)16(5)14(18)19-15(2,3)4/h6-11,13,17H,1-5H3/t11-,13-/m1/s1. The lowest BCUT2D eigenvalue weighted by molar-refractivity contribution is 0.00518. The predicted octanol–water partition coefficient (Wildman–Crippen LogP) is 2.98. The third-order valence-electron chi connectivity index (χ3n) is 2.89. The van der Waals surface area contributed by atoms with Crippen molar-refractivity contribution in [3.8, 4) is 0 Å². The van der Waals surface area contributed by atoms with Crippen LogP contribution in [0, 0.1) is 0 Å². The number of carbonyl (C=O) groups excluding carboxylic acids is 1. The summed E-state index contributed by atoms with van der Waals surface area (Å²) >= 11 is 0. The van der Waals surface area contributed by atoms with E-state index in [1.54, 1.807) is 14.0 Å². The number of nitrogens with zero attached hydrogens (tertiary/aromatic N) is 1. The second kappa shape index (κ2) is 6.06. The molecule has 0 unspecified atom stereocenters. The minimum atomic E-state index is -0.737. The first-order valence-electron chi connectivity index (χ1n) is 6.41. The molecule has 0 fully saturated rings. The van der Waals surface area contributed by atoms with E-state index in [0.29, 0.717) is 0 Å². The van der Waals surface area contributed by atoms with Gasteiger partial charge in [-0.05, 0) is 33.3 Å². The van der Waals surface area contributed by atoms with Crippen LogP contribution in [0.15, 0.2) is 30.3 Å². The Balaban J connectivity index is 2.72. The molecule has 0 aliphatic heterocycles. The molecule has 0 spiro atoms. The molecule has 0 saturated carbocycles. The van der Waals surface area contributed by atoms with Gasteiger partial charge >= 0.3 is 6.09 Å². The van der Waals surface area contributed by atoms with Crippen LogP contribution in [0.25, 0.3) is 0 Å². The van der Waals surface area contributed by atoms with E-state index in [1.807, 2.05) is 51.1 Å². The summed E-state index contributed by atoms with van der Waals surface area (Å²) < 4.78 is 5.28. The summed E-state index contributed by atoms with van der Waals surface area (Å²) in [5.74, 6) is 0. The SMILES string of the molecule is C[C@H]([C@@H](O)c1ccccc1)N(C)C(=O)OC(C)(C)C. The van der Waals surface area contributed by atoms with Gasteiger partial charge in [-0.3, -0.25) is 0 Å². The second-order valence-electron chi connectivity index (χ2n) is 5.69. The van der Waals surface area contributed by atoms with Crippen molar-refractivity contribution >= 4 is 6.09 Å². The molecule has 106 valence electrons. The molecule has 1 aromatic rings. The van der Waals surface area contributed by atoms with Crippen molar-refractivity contribution in [2.24, 2.45) is 0 Å². The quantitative estimate of drug-likeness (QED) is 0.914. The molecule has 1 N–H and O–H groups in total. The maximum Gasteiger partial charge on any atom is 0.410 e. The zero-order chi connectivity index (χ0) is 14.6. The number of aliphatic hydroxyl groups excluding tert-OH is 1. The molecule has 0 aliphatic carbocycles. The topological polar surface area (TPSA) is 49.8 Å². The van der Waals surface area contributed by atoms with Gasteiger partial charge in [-0.2, -0.15) is 0 Å². The molecule has 0 radical (unpaired) electrons. The van der Waals surface area contributed by atoms with Crippen LogP contribution in [0.2, 0.25) is 0 Å². The maximum absolute atomic E-state index is 11.9. The fourth-order valence-electron chi connectivity index (χ4n) is 1.64. The highest BCUT2D eigenvalue weighted by Crippen LogP contribution is 2.21. The minimum Gasteiger partial charge on any atom is -0.444 e. The molecule has 1 amide bonds. The molecule has 4 nitrogen and oxygen atoms in total. The lowest BCUT2D eigenvalue weighted by atomic mass is 10.0. The van der Waals surface area contributed by atoms with Crippen LogP contribution in [-0.2, 0) is 4.74 Å². The number of hydrogen-bond donors (Lipinski definition) is 1. The number of likely N-dealkylation sites (N-methyl/N-ethyl adjacent to an activating group) is 1. The Morgan fingerprint density at radius 2 is 1.79 bits per heavy atom. The molecule has 1 aromatic carbocycles. The van der Waals surface area contributed by atoms with E-state index >= 15 is 0 Å². The van der Waals surface area contributed by atoms with Crippen LogP contribution >= 0.6 is 0 Å². The van der Waals surface area contributed by atoms with Gasteiger partial charge in [0.25, 0.3) is 0 Å². The Hall–Kier alpha value is -1.55. The van der Waals surface area contributed by atoms with Crippen LogP contribution < -0.4 is 0 Å². The Labute approximate surface area is 115 Å². The van der Waals surface area contributed by atoms with Crippen LogP contribution in [0.3, 0.4) is 0 Å². The predicted molar refractivity (Wildman–Crippen MR) is 74.9 cm³/mol. The van der Waals surface area contributed by atoms with E-state index in [-0.39, 0.29) is 6.04 Å². The summed E-state index contributed by atoms with van der Waals surface area (Å²) in [5, 5.41) is 10.3. The average molecular weight is 265 g/mol. The van der Waals surface area contributed by atoms with Crippen molar-refractivity contribution in [3.05, 3.63) is 35.9 Å². The number of benzene rings is 1. The van der Waals surface area contributed by atoms with Crippen molar-refractivity contribution in [1.82, 2.24) is 4.90 Å². The van der Waals surface area contributed by atoms with Gasteiger partial charge in [0.1, 0.15) is 5.60 Å². The van der Waals surface area contributed by atoms with E-state index in [0.717, 1.165) is 5.56 Å². The maximum atomic E-state index is 11.9. The number of hydrogen-bond acceptors (Lipinski definition) is 3. The zero-order valence-corrected chi connectivity index (χ0v) is 12.3. The molecular weight excluding hydrogens is 242 g/mol. The number of ether oxygens (including phenoxy) is 1. The van der Waals surface area contributed by atoms with Gasteiger partial charge in [-0.1, -0.05) is 30.3 Å². The monoisotopic (exact) mass is 265 g/mol. The van der Waals surface area contributed by atoms with Crippen LogP contribution in [-0.4, -0.2) is 34.8 Å². The molecule has 0 bridgehead atoms. The van der Waals surface area contributed by atoms with Crippen LogP contribution in [0.4, 0.5) is 4.79 Å². The normalized spacial score (nSPS) is 14.6. The van der Waals surface area contributed by atoms with Gasteiger partial charge in [-0.25, -0.2) is 4.79 Å². The number of carbonyl (C=O) groups is 1. The van der Waals surface area contributed by atoms with Gasteiger partial charge in [0.05, 0.1) is 12.1 Å². The molecular formula is C15H23NO3. The summed E-state index contributed by atoms with van der Waals surface area (Å²) in [6.07, 6.45) is -1.17. The minimum absolute atomic E-state index is 0.364. The first-order chi connectivity index (χ1) is 8.72. The fourth-order valence-corrected chi connectivity index (χ4v) is 1.64. The van der Waals surface area contributed by atoms with Crippen molar-refractivity contribution in [3.63, 3.8) is 0 Å². The van der Waals surface area contributed by atoms with E-state index in [9.17, 15) is 9.90 Å². The zero-order valence-electron chi connectivity index (χ0n) is 12.3. The van der Waals surface area contributed by atoms with Gasteiger partial charge in [0.2, 0.25) is 0 Å². The number of amides is 1. The van der Waals surface area contributed by atoms with Crippen molar-refractivity contribution in [2.75, 3.05) is 7.05 Å². The van der Waals surface area contributed by atoms with E-state index in [1.165, 1.54) is 4.90 Å². The molecule has 0 aliphatic rings. The average Bonchev–Trinajstić information content (AvgIpc) is 2.35. The Morgan fingerprint density at radius 1 is 1.26 bits per heavy atom. The van der Waals surface area contributed by atoms with Crippen molar-refractivity contribution in [2.45, 2.75) is 45.4 Å². The highest BCUT2D eigenvalue weighted by atomic mass is 16.6. The molecule has 4 heteroatoms. The summed E-state index contributed by atoms with van der Waals surface area (Å²) in [6.45, 7) is 7.24. The van der Waals surface area contributed by atoms with Gasteiger partial charge in [0.15, 0.2) is 0 Å². The fraction of sp³-hybridized carbons (Fsp3) is 0.533. The third-order valence-corrected chi connectivity index (χ3v) is 2.89. The molecule has 0 saturated heterocycles. The molecule has 0 heterocycles. The number of aliphatic hydroxyl groups is 1. The van der Waals surface area contributed by atoms with Gasteiger partial charge < -0.3 is 14.7 Å². The first kappa shape index (κ1) is 15.5. The molecule has 1 rings (SSSR count). The van der Waals surface area contributed by atoms with E-state index in [2.05, 4.69) is 0 Å². The summed E-state index contributed by atoms with van der Waals surface area (Å²) in [6, 6.07) is 8.92. The van der Waals surface area contributed by atoms with E-state index < -0.39 is 17.8 Å². The molecule has 19 heavy (non-hydrogen) atoms. The second-order valence-corrected chi connectivity index (χ2v) is 5.69. The highest BCUT2D eigenvalue weighted by molar-refractivity contribution is 5.68. The van der Waals surface area contributed by atoms with Crippen molar-refractivity contribution < 1.29 is 14.6 Å². The highest BCUT2D eigenvalue weighted by Gasteiger charge is 2.27. The Bertz CT molecular complexity index is 411. The summed E-state index contributed by atoms with van der Waals surface area (Å²) in [7, 11) is 1.63. The number of rotatable bonds is 3. The summed E-state index contributed by atoms with van der Waals surface area (Å²) in [5.41, 5.74) is 0.244. The van der Waals surface area contributed by atoms with Gasteiger partial charge in [-0.15, -0.1) is 0 Å². The smallest absolute Gasteiger partial charge is 0.410 e. The van der Waals surface area contributed by atoms with Gasteiger partial charge in [0, 0.05) is 7.05 Å². The Morgan fingerprint density at radius 3 is 2.26 bits per heavy atom. The van der Waals surface area contributed by atoms with Crippen LogP contribution in [0.1, 0.15) is 39.4 Å². The largest absolute Gasteiger partial charge is 0.444 e. The molecule has 2 atom stereocenters. The third kappa shape index (κ3) is 4.56. The van der Waals surface area contributed by atoms with E-state index in [4.69, 9.17) is 4.74 Å². The molecule has 0 aromatic heterocycles. The lowest BCUT2D eigenvalue weighted by Crippen LogP contribution is -2.42. The Kier molecular flexibility index (Phi) is 4.95. The van der Waals surface area contributed by atoms with Crippen LogP contribution in [0.5, 0.6) is 0 Å². The van der Waals surface area contributed by atoms with Crippen molar-refractivity contribution in [1.29, 1.82) is 0 Å². The summed E-state index contributed by atoms with van der Waals surface area (Å²) in [4.78, 5) is 13.3. The first-order valence-corrected chi connectivity index (χ1v) is 6.41.